The topological polar surface area (TPSA) is 67.2 Å². The predicted octanol–water partition coefficient (Wildman–Crippen LogP) is 2.70. The molecule has 0 saturated carbocycles. The van der Waals surface area contributed by atoms with Gasteiger partial charge in [0.05, 0.1) is 23.4 Å². The molecule has 4 rings (SSSR count). The van der Waals surface area contributed by atoms with E-state index in [4.69, 9.17) is 11.6 Å². The Labute approximate surface area is 172 Å². The summed E-state index contributed by atoms with van der Waals surface area (Å²) in [5.74, 6) is -0.0745. The number of nitrogens with zero attached hydrogens (tertiary/aromatic N) is 6. The van der Waals surface area contributed by atoms with E-state index < -0.39 is 0 Å². The molecule has 0 unspecified atom stereocenters. The third kappa shape index (κ3) is 4.40. The second-order valence-corrected chi connectivity index (χ2v) is 8.29. The number of thiazole rings is 1. The molecule has 1 aromatic carbocycles. The summed E-state index contributed by atoms with van der Waals surface area (Å²) in [6, 6.07) is 7.59. The fourth-order valence-electron chi connectivity index (χ4n) is 3.26. The molecule has 0 radical (unpaired) electrons. The SMILES string of the molecule is Cc1nc(CN2CCN(C(=O)c3cn(Cc4ccccc4Cl)nn3)CC2)cs1. The maximum absolute atomic E-state index is 12.8. The molecule has 0 atom stereocenters. The molecule has 0 N–H and O–H groups in total. The van der Waals surface area contributed by atoms with Crippen LogP contribution in [0.15, 0.2) is 35.8 Å². The molecule has 2 aromatic heterocycles. The van der Waals surface area contributed by atoms with Gasteiger partial charge < -0.3 is 4.90 Å². The number of amides is 1. The van der Waals surface area contributed by atoms with Gasteiger partial charge in [-0.05, 0) is 18.6 Å². The van der Waals surface area contributed by atoms with Gasteiger partial charge in [-0.2, -0.15) is 0 Å². The molecule has 28 heavy (non-hydrogen) atoms. The quantitative estimate of drug-likeness (QED) is 0.639. The van der Waals surface area contributed by atoms with Gasteiger partial charge in [0.2, 0.25) is 0 Å². The monoisotopic (exact) mass is 416 g/mol. The largest absolute Gasteiger partial charge is 0.335 e. The van der Waals surface area contributed by atoms with Crippen molar-refractivity contribution in [3.63, 3.8) is 0 Å². The summed E-state index contributed by atoms with van der Waals surface area (Å²) < 4.78 is 1.65. The first-order valence-corrected chi connectivity index (χ1v) is 10.4. The summed E-state index contributed by atoms with van der Waals surface area (Å²) in [5, 5.41) is 12.0. The zero-order valence-corrected chi connectivity index (χ0v) is 17.2. The molecule has 3 heterocycles. The first-order valence-electron chi connectivity index (χ1n) is 9.14. The standard InChI is InChI=1S/C19H21ClN6OS/c1-14-21-16(13-28-14)11-24-6-8-25(9-7-24)19(27)18-12-26(23-22-18)10-15-4-2-3-5-17(15)20/h2-5,12-13H,6-11H2,1H3. The highest BCUT2D eigenvalue weighted by Crippen LogP contribution is 2.16. The van der Waals surface area contributed by atoms with Gasteiger partial charge in [-0.3, -0.25) is 9.69 Å². The van der Waals surface area contributed by atoms with Crippen LogP contribution in [0.4, 0.5) is 0 Å². The van der Waals surface area contributed by atoms with Crippen molar-refractivity contribution in [2.75, 3.05) is 26.2 Å². The Bertz CT molecular complexity index is 963. The summed E-state index contributed by atoms with van der Waals surface area (Å²) in [5.41, 5.74) is 2.42. The van der Waals surface area contributed by atoms with Crippen molar-refractivity contribution < 1.29 is 4.79 Å². The van der Waals surface area contributed by atoms with Crippen LogP contribution in [-0.2, 0) is 13.1 Å². The number of carbonyl (C=O) groups is 1. The van der Waals surface area contributed by atoms with E-state index in [2.05, 4.69) is 25.6 Å². The minimum Gasteiger partial charge on any atom is -0.335 e. The molecular formula is C19H21ClN6OS. The number of hydrogen-bond acceptors (Lipinski definition) is 6. The van der Waals surface area contributed by atoms with Crippen molar-refractivity contribution in [2.24, 2.45) is 0 Å². The molecule has 7 nitrogen and oxygen atoms in total. The second kappa shape index (κ2) is 8.38. The van der Waals surface area contributed by atoms with Crippen LogP contribution in [0.2, 0.25) is 5.02 Å². The number of aryl methyl sites for hydroxylation is 1. The summed E-state index contributed by atoms with van der Waals surface area (Å²) >= 11 is 7.86. The van der Waals surface area contributed by atoms with E-state index in [1.54, 1.807) is 22.2 Å². The average Bonchev–Trinajstić information content (AvgIpc) is 3.33. The molecule has 1 fully saturated rings. The molecule has 146 valence electrons. The van der Waals surface area contributed by atoms with Gasteiger partial charge in [-0.15, -0.1) is 16.4 Å². The molecule has 0 spiro atoms. The number of benzene rings is 1. The number of piperazine rings is 1. The van der Waals surface area contributed by atoms with Gasteiger partial charge in [0, 0.05) is 43.1 Å². The van der Waals surface area contributed by atoms with E-state index in [-0.39, 0.29) is 5.91 Å². The highest BCUT2D eigenvalue weighted by atomic mass is 35.5. The van der Waals surface area contributed by atoms with Crippen molar-refractivity contribution >= 4 is 28.8 Å². The molecule has 0 bridgehead atoms. The number of carbonyl (C=O) groups excluding carboxylic acids is 1. The van der Waals surface area contributed by atoms with Crippen LogP contribution in [-0.4, -0.2) is 61.9 Å². The highest BCUT2D eigenvalue weighted by molar-refractivity contribution is 7.09. The number of rotatable bonds is 5. The maximum atomic E-state index is 12.8. The first kappa shape index (κ1) is 19.0. The number of hydrogen-bond donors (Lipinski definition) is 0. The van der Waals surface area contributed by atoms with Crippen LogP contribution in [0.25, 0.3) is 0 Å². The van der Waals surface area contributed by atoms with E-state index in [1.807, 2.05) is 36.1 Å². The van der Waals surface area contributed by atoms with E-state index in [0.29, 0.717) is 30.4 Å². The van der Waals surface area contributed by atoms with Crippen molar-refractivity contribution in [3.8, 4) is 0 Å². The minimum atomic E-state index is -0.0745. The van der Waals surface area contributed by atoms with Gasteiger partial charge in [-0.1, -0.05) is 35.0 Å². The number of aromatic nitrogens is 4. The fourth-order valence-corrected chi connectivity index (χ4v) is 4.06. The van der Waals surface area contributed by atoms with Crippen LogP contribution in [0.1, 0.15) is 26.8 Å². The van der Waals surface area contributed by atoms with Crippen molar-refractivity contribution in [3.05, 3.63) is 62.8 Å². The van der Waals surface area contributed by atoms with E-state index in [0.717, 1.165) is 35.9 Å². The lowest BCUT2D eigenvalue weighted by Crippen LogP contribution is -2.48. The minimum absolute atomic E-state index is 0.0745. The van der Waals surface area contributed by atoms with Crippen LogP contribution < -0.4 is 0 Å². The lowest BCUT2D eigenvalue weighted by molar-refractivity contribution is 0.0621. The van der Waals surface area contributed by atoms with Crippen LogP contribution >= 0.6 is 22.9 Å². The molecule has 1 saturated heterocycles. The molecular weight excluding hydrogens is 396 g/mol. The van der Waals surface area contributed by atoms with Crippen molar-refractivity contribution in [1.29, 1.82) is 0 Å². The molecule has 1 amide bonds. The Morgan fingerprint density at radius 2 is 1.96 bits per heavy atom. The Morgan fingerprint density at radius 1 is 1.18 bits per heavy atom. The molecule has 9 heteroatoms. The molecule has 1 aliphatic rings. The summed E-state index contributed by atoms with van der Waals surface area (Å²) in [6.07, 6.45) is 1.69. The predicted molar refractivity (Wildman–Crippen MR) is 109 cm³/mol. The van der Waals surface area contributed by atoms with E-state index in [9.17, 15) is 4.79 Å². The van der Waals surface area contributed by atoms with Gasteiger partial charge in [0.1, 0.15) is 0 Å². The Kier molecular flexibility index (Phi) is 5.70. The zero-order valence-electron chi connectivity index (χ0n) is 15.6. The van der Waals surface area contributed by atoms with Crippen LogP contribution in [0, 0.1) is 6.92 Å². The van der Waals surface area contributed by atoms with Crippen LogP contribution in [0.3, 0.4) is 0 Å². The van der Waals surface area contributed by atoms with Crippen molar-refractivity contribution in [1.82, 2.24) is 29.8 Å². The number of halogens is 1. The Balaban J connectivity index is 1.33. The summed E-state index contributed by atoms with van der Waals surface area (Å²) in [4.78, 5) is 21.4. The third-order valence-electron chi connectivity index (χ3n) is 4.76. The second-order valence-electron chi connectivity index (χ2n) is 6.82. The maximum Gasteiger partial charge on any atom is 0.276 e. The smallest absolute Gasteiger partial charge is 0.276 e. The van der Waals surface area contributed by atoms with E-state index in [1.165, 1.54) is 0 Å². The van der Waals surface area contributed by atoms with Crippen LogP contribution in [0.5, 0.6) is 0 Å². The lowest BCUT2D eigenvalue weighted by atomic mass is 10.2. The Hall–Kier alpha value is -2.29. The summed E-state index contributed by atoms with van der Waals surface area (Å²) in [7, 11) is 0. The fraction of sp³-hybridized carbons (Fsp3) is 0.368. The Morgan fingerprint density at radius 3 is 2.68 bits per heavy atom. The normalized spacial score (nSPS) is 15.1. The van der Waals surface area contributed by atoms with Gasteiger partial charge in [0.25, 0.3) is 5.91 Å². The molecule has 1 aliphatic heterocycles. The third-order valence-corrected chi connectivity index (χ3v) is 5.95. The average molecular weight is 417 g/mol. The lowest BCUT2D eigenvalue weighted by Gasteiger charge is -2.33. The van der Waals surface area contributed by atoms with E-state index >= 15 is 0 Å². The van der Waals surface area contributed by atoms with Gasteiger partial charge in [0.15, 0.2) is 5.69 Å². The van der Waals surface area contributed by atoms with Gasteiger partial charge >= 0.3 is 0 Å². The summed E-state index contributed by atoms with van der Waals surface area (Å²) in [6.45, 7) is 6.36. The molecule has 0 aliphatic carbocycles. The molecule has 3 aromatic rings. The highest BCUT2D eigenvalue weighted by Gasteiger charge is 2.24. The zero-order chi connectivity index (χ0) is 19.5. The first-order chi connectivity index (χ1) is 13.6. The van der Waals surface area contributed by atoms with Gasteiger partial charge in [-0.25, -0.2) is 9.67 Å². The van der Waals surface area contributed by atoms with Crippen molar-refractivity contribution in [2.45, 2.75) is 20.0 Å².